The van der Waals surface area contributed by atoms with E-state index in [9.17, 15) is 0 Å². The summed E-state index contributed by atoms with van der Waals surface area (Å²) in [7, 11) is 0. The van der Waals surface area contributed by atoms with Gasteiger partial charge in [0.2, 0.25) is 0 Å². The summed E-state index contributed by atoms with van der Waals surface area (Å²) in [6.07, 6.45) is 3.22. The Labute approximate surface area is 89.3 Å². The minimum Gasteiger partial charge on any atom is -0.467 e. The van der Waals surface area contributed by atoms with E-state index >= 15 is 0 Å². The van der Waals surface area contributed by atoms with Crippen molar-refractivity contribution in [2.75, 3.05) is 13.2 Å². The Morgan fingerprint density at radius 1 is 1.33 bits per heavy atom. The lowest BCUT2D eigenvalue weighted by Crippen LogP contribution is -2.47. The minimum atomic E-state index is -0.728. The molecule has 0 bridgehead atoms. The van der Waals surface area contributed by atoms with Crippen LogP contribution in [0.4, 0.5) is 0 Å². The predicted octanol–water partition coefficient (Wildman–Crippen LogP) is 1.61. The summed E-state index contributed by atoms with van der Waals surface area (Å²) in [6, 6.07) is 3.66. The standard InChI is InChI=1S/C11H17NO3/c1-11(12,9-5-4-8-13-9)10-14-6-2-3-7-15-10/h4-5,8,10H,2-3,6-7,12H2,1H3. The molecule has 1 unspecified atom stereocenters. The molecule has 0 aromatic carbocycles. The van der Waals surface area contributed by atoms with Gasteiger partial charge >= 0.3 is 0 Å². The van der Waals surface area contributed by atoms with E-state index in [1.807, 2.05) is 19.1 Å². The molecule has 0 saturated carbocycles. The van der Waals surface area contributed by atoms with Crippen LogP contribution in [-0.4, -0.2) is 19.5 Å². The van der Waals surface area contributed by atoms with Crippen LogP contribution in [0.3, 0.4) is 0 Å². The average molecular weight is 211 g/mol. The number of hydrogen-bond donors (Lipinski definition) is 1. The molecule has 1 aliphatic rings. The van der Waals surface area contributed by atoms with E-state index in [2.05, 4.69) is 0 Å². The number of furan rings is 1. The summed E-state index contributed by atoms with van der Waals surface area (Å²) in [4.78, 5) is 0. The first-order chi connectivity index (χ1) is 7.21. The van der Waals surface area contributed by atoms with Crippen LogP contribution >= 0.6 is 0 Å². The molecule has 1 atom stereocenters. The average Bonchev–Trinajstić information content (AvgIpc) is 2.61. The van der Waals surface area contributed by atoms with Gasteiger partial charge in [-0.1, -0.05) is 0 Å². The maximum Gasteiger partial charge on any atom is 0.182 e. The molecule has 1 aromatic rings. The Morgan fingerprint density at radius 2 is 2.00 bits per heavy atom. The van der Waals surface area contributed by atoms with E-state index in [-0.39, 0.29) is 0 Å². The Hall–Kier alpha value is -0.840. The number of hydrogen-bond acceptors (Lipinski definition) is 4. The molecule has 2 rings (SSSR count). The highest BCUT2D eigenvalue weighted by Gasteiger charge is 2.37. The minimum absolute atomic E-state index is 0.425. The molecule has 4 heteroatoms. The van der Waals surface area contributed by atoms with Gasteiger partial charge in [-0.25, -0.2) is 0 Å². The Morgan fingerprint density at radius 3 is 2.53 bits per heavy atom. The van der Waals surface area contributed by atoms with Gasteiger partial charge in [-0.3, -0.25) is 0 Å². The third kappa shape index (κ3) is 2.22. The summed E-state index contributed by atoms with van der Waals surface area (Å²) in [5.74, 6) is 0.689. The Bertz CT molecular complexity index is 287. The van der Waals surface area contributed by atoms with E-state index in [4.69, 9.17) is 19.6 Å². The van der Waals surface area contributed by atoms with Gasteiger partial charge in [0.15, 0.2) is 6.29 Å². The highest BCUT2D eigenvalue weighted by atomic mass is 16.7. The van der Waals surface area contributed by atoms with Crippen molar-refractivity contribution in [2.45, 2.75) is 31.6 Å². The predicted molar refractivity (Wildman–Crippen MR) is 55.2 cm³/mol. The van der Waals surface area contributed by atoms with E-state index in [1.165, 1.54) is 0 Å². The van der Waals surface area contributed by atoms with Crippen molar-refractivity contribution in [1.29, 1.82) is 0 Å². The van der Waals surface area contributed by atoms with Crippen molar-refractivity contribution in [3.63, 3.8) is 0 Å². The Kier molecular flexibility index (Phi) is 3.09. The van der Waals surface area contributed by atoms with Crippen molar-refractivity contribution < 1.29 is 13.9 Å². The highest BCUT2D eigenvalue weighted by molar-refractivity contribution is 5.11. The lowest BCUT2D eigenvalue weighted by Gasteiger charge is -2.30. The molecule has 0 spiro atoms. The van der Waals surface area contributed by atoms with E-state index in [0.717, 1.165) is 12.8 Å². The van der Waals surface area contributed by atoms with Gasteiger partial charge in [-0.05, 0) is 31.9 Å². The normalized spacial score (nSPS) is 23.3. The molecule has 15 heavy (non-hydrogen) atoms. The van der Waals surface area contributed by atoms with Crippen LogP contribution in [0, 0.1) is 0 Å². The molecule has 1 aromatic heterocycles. The van der Waals surface area contributed by atoms with Crippen LogP contribution in [0.15, 0.2) is 22.8 Å². The SMILES string of the molecule is CC(N)(c1ccco1)C1OCCCCO1. The molecule has 1 aliphatic heterocycles. The van der Waals surface area contributed by atoms with Gasteiger partial charge < -0.3 is 19.6 Å². The molecular weight excluding hydrogens is 194 g/mol. The molecule has 0 radical (unpaired) electrons. The van der Waals surface area contributed by atoms with Gasteiger partial charge in [0, 0.05) is 13.2 Å². The molecule has 2 N–H and O–H groups in total. The van der Waals surface area contributed by atoms with Crippen LogP contribution in [0.25, 0.3) is 0 Å². The molecule has 0 aliphatic carbocycles. The van der Waals surface area contributed by atoms with E-state index in [1.54, 1.807) is 6.26 Å². The summed E-state index contributed by atoms with van der Waals surface area (Å²) < 4.78 is 16.5. The zero-order chi connectivity index (χ0) is 10.7. The number of ether oxygens (including phenoxy) is 2. The quantitative estimate of drug-likeness (QED) is 0.807. The zero-order valence-corrected chi connectivity index (χ0v) is 8.94. The third-order valence-electron chi connectivity index (χ3n) is 2.62. The second-order valence-corrected chi connectivity index (χ2v) is 4.04. The van der Waals surface area contributed by atoms with Crippen LogP contribution in [0.5, 0.6) is 0 Å². The zero-order valence-electron chi connectivity index (χ0n) is 8.94. The molecule has 2 heterocycles. The van der Waals surface area contributed by atoms with Crippen molar-refractivity contribution >= 4 is 0 Å². The van der Waals surface area contributed by atoms with E-state index < -0.39 is 11.8 Å². The summed E-state index contributed by atoms with van der Waals surface area (Å²) in [6.45, 7) is 3.25. The fraction of sp³-hybridized carbons (Fsp3) is 0.636. The Balaban J connectivity index is 2.13. The number of nitrogens with two attached hydrogens (primary N) is 1. The topological polar surface area (TPSA) is 57.6 Å². The smallest absolute Gasteiger partial charge is 0.182 e. The molecule has 1 fully saturated rings. The summed E-state index contributed by atoms with van der Waals surface area (Å²) in [5.41, 5.74) is 5.45. The van der Waals surface area contributed by atoms with Gasteiger partial charge in [0.1, 0.15) is 11.3 Å². The van der Waals surface area contributed by atoms with E-state index in [0.29, 0.717) is 19.0 Å². The van der Waals surface area contributed by atoms with Gasteiger partial charge in [0.05, 0.1) is 6.26 Å². The molecule has 4 nitrogen and oxygen atoms in total. The van der Waals surface area contributed by atoms with Gasteiger partial charge in [0.25, 0.3) is 0 Å². The monoisotopic (exact) mass is 211 g/mol. The summed E-state index contributed by atoms with van der Waals surface area (Å²) >= 11 is 0. The number of rotatable bonds is 2. The maximum atomic E-state index is 6.18. The van der Waals surface area contributed by atoms with Crippen molar-refractivity contribution in [3.8, 4) is 0 Å². The van der Waals surface area contributed by atoms with Gasteiger partial charge in [-0.2, -0.15) is 0 Å². The fourth-order valence-corrected chi connectivity index (χ4v) is 1.68. The first-order valence-electron chi connectivity index (χ1n) is 5.27. The van der Waals surface area contributed by atoms with Crippen molar-refractivity contribution in [3.05, 3.63) is 24.2 Å². The first kappa shape index (κ1) is 10.7. The largest absolute Gasteiger partial charge is 0.467 e. The molecule has 84 valence electrons. The van der Waals surface area contributed by atoms with Crippen LogP contribution in [0.1, 0.15) is 25.5 Å². The summed E-state index contributed by atoms with van der Waals surface area (Å²) in [5, 5.41) is 0. The van der Waals surface area contributed by atoms with Gasteiger partial charge in [-0.15, -0.1) is 0 Å². The highest BCUT2D eigenvalue weighted by Crippen LogP contribution is 2.26. The van der Waals surface area contributed by atoms with Crippen LogP contribution in [0.2, 0.25) is 0 Å². The molecule has 1 saturated heterocycles. The van der Waals surface area contributed by atoms with Crippen LogP contribution in [-0.2, 0) is 15.0 Å². The fourth-order valence-electron chi connectivity index (χ4n) is 1.68. The van der Waals surface area contributed by atoms with Crippen LogP contribution < -0.4 is 5.73 Å². The van der Waals surface area contributed by atoms with Crippen molar-refractivity contribution in [2.24, 2.45) is 5.73 Å². The lowest BCUT2D eigenvalue weighted by molar-refractivity contribution is -0.169. The lowest BCUT2D eigenvalue weighted by atomic mass is 10.00. The molecular formula is C11H17NO3. The second kappa shape index (κ2) is 4.35. The first-order valence-corrected chi connectivity index (χ1v) is 5.27. The van der Waals surface area contributed by atoms with Crippen molar-refractivity contribution in [1.82, 2.24) is 0 Å². The second-order valence-electron chi connectivity index (χ2n) is 4.04. The third-order valence-corrected chi connectivity index (χ3v) is 2.62. The maximum absolute atomic E-state index is 6.18. The molecule has 0 amide bonds.